The smallest absolute Gasteiger partial charge is 0.375 e. The van der Waals surface area contributed by atoms with Gasteiger partial charge in [0.05, 0.1) is 36.7 Å². The van der Waals surface area contributed by atoms with E-state index in [2.05, 4.69) is 5.10 Å². The third kappa shape index (κ3) is 4.57. The van der Waals surface area contributed by atoms with Gasteiger partial charge >= 0.3 is 11.9 Å². The van der Waals surface area contributed by atoms with Crippen LogP contribution in [0, 0.1) is 13.8 Å². The lowest BCUT2D eigenvalue weighted by Gasteiger charge is -2.33. The van der Waals surface area contributed by atoms with E-state index in [0.29, 0.717) is 49.9 Å². The first kappa shape index (κ1) is 23.2. The third-order valence-electron chi connectivity index (χ3n) is 6.13. The second kappa shape index (κ2) is 8.74. The van der Waals surface area contributed by atoms with Crippen molar-refractivity contribution in [3.05, 3.63) is 63.6 Å². The van der Waals surface area contributed by atoms with E-state index in [1.807, 2.05) is 24.9 Å². The Morgan fingerprint density at radius 1 is 1.15 bits per heavy atom. The van der Waals surface area contributed by atoms with E-state index >= 15 is 0 Å². The molecule has 178 valence electrons. The third-order valence-corrected chi connectivity index (χ3v) is 6.13. The molecule has 10 heteroatoms. The highest BCUT2D eigenvalue weighted by Gasteiger charge is 2.33. The fraction of sp³-hybridized carbons (Fsp3) is 0.478. The molecule has 0 amide bonds. The van der Waals surface area contributed by atoms with Gasteiger partial charge in [-0.25, -0.2) is 4.79 Å². The Kier molecular flexibility index (Phi) is 6.13. The number of imidazole rings is 1. The summed E-state index contributed by atoms with van der Waals surface area (Å²) in [4.78, 5) is 15.2. The van der Waals surface area contributed by atoms with Crippen molar-refractivity contribution in [1.29, 1.82) is 0 Å². The summed E-state index contributed by atoms with van der Waals surface area (Å²) >= 11 is 0. The van der Waals surface area contributed by atoms with Crippen molar-refractivity contribution in [3.63, 3.8) is 0 Å². The van der Waals surface area contributed by atoms with Crippen molar-refractivity contribution in [3.8, 4) is 5.69 Å². The molecule has 0 bridgehead atoms. The number of aryl methyl sites for hydroxylation is 1. The lowest BCUT2D eigenvalue weighted by molar-refractivity contribution is -0.137. The molecular formula is C23H28F3N5O2. The number of morpholine rings is 1. The number of ether oxygens (including phenoxy) is 1. The van der Waals surface area contributed by atoms with Gasteiger partial charge in [0, 0.05) is 48.5 Å². The normalized spacial score (nSPS) is 17.1. The number of aromatic nitrogens is 4. The molecule has 1 aromatic carbocycles. The number of nitrogens with zero attached hydrogens (tertiary/aromatic N) is 5. The fourth-order valence-electron chi connectivity index (χ4n) is 4.22. The van der Waals surface area contributed by atoms with Crippen molar-refractivity contribution in [1.82, 2.24) is 18.9 Å². The summed E-state index contributed by atoms with van der Waals surface area (Å²) in [6, 6.07) is 3.84. The van der Waals surface area contributed by atoms with Crippen LogP contribution in [0.25, 0.3) is 5.69 Å². The van der Waals surface area contributed by atoms with Crippen LogP contribution in [0.3, 0.4) is 0 Å². The summed E-state index contributed by atoms with van der Waals surface area (Å²) in [7, 11) is 0. The molecular weight excluding hydrogens is 435 g/mol. The van der Waals surface area contributed by atoms with Crippen LogP contribution in [-0.2, 0) is 24.0 Å². The number of alkyl halides is 3. The predicted octanol–water partition coefficient (Wildman–Crippen LogP) is 3.76. The molecule has 1 atom stereocenters. The first-order valence-corrected chi connectivity index (χ1v) is 11.0. The number of anilines is 1. The quantitative estimate of drug-likeness (QED) is 0.578. The Balaban J connectivity index is 1.81. The molecule has 1 fully saturated rings. The molecule has 3 heterocycles. The van der Waals surface area contributed by atoms with Gasteiger partial charge < -0.3 is 9.64 Å². The Bertz CT molecular complexity index is 1210. The topological polar surface area (TPSA) is 57.2 Å². The van der Waals surface area contributed by atoms with Gasteiger partial charge in [-0.3, -0.25) is 13.8 Å². The number of rotatable bonds is 5. The molecule has 7 nitrogen and oxygen atoms in total. The molecule has 0 saturated carbocycles. The maximum Gasteiger partial charge on any atom is 0.416 e. The molecule has 3 aromatic rings. The molecule has 1 aliphatic heterocycles. The van der Waals surface area contributed by atoms with Crippen LogP contribution in [0.4, 0.5) is 18.9 Å². The summed E-state index contributed by atoms with van der Waals surface area (Å²) in [6.07, 6.45) is -1.06. The van der Waals surface area contributed by atoms with Gasteiger partial charge in [0.15, 0.2) is 0 Å². The van der Waals surface area contributed by atoms with E-state index in [9.17, 15) is 18.0 Å². The minimum absolute atomic E-state index is 0.0893. The average molecular weight is 464 g/mol. The molecule has 0 spiro atoms. The standard InChI is InChI=1S/C23H28F3N5O2/c1-5-29-13-18(11-27-29)14-30-16(3)17(4)31(22(30)32)21-9-19(23(24,25)26)8-20(10-21)28-6-7-33-15(2)12-28/h8-11,13,15H,5-7,12,14H2,1-4H3/t15-/m1/s1. The zero-order valence-corrected chi connectivity index (χ0v) is 19.2. The van der Waals surface area contributed by atoms with Gasteiger partial charge in [-0.15, -0.1) is 0 Å². The average Bonchev–Trinajstić information content (AvgIpc) is 3.31. The van der Waals surface area contributed by atoms with Crippen LogP contribution in [0.2, 0.25) is 0 Å². The van der Waals surface area contributed by atoms with Crippen LogP contribution in [0.15, 0.2) is 35.4 Å². The van der Waals surface area contributed by atoms with Crippen LogP contribution in [0.1, 0.15) is 36.4 Å². The molecule has 0 unspecified atom stereocenters. The van der Waals surface area contributed by atoms with E-state index in [-0.39, 0.29) is 17.5 Å². The zero-order valence-electron chi connectivity index (χ0n) is 19.2. The molecule has 4 rings (SSSR count). The molecule has 1 saturated heterocycles. The Morgan fingerprint density at radius 2 is 1.88 bits per heavy atom. The van der Waals surface area contributed by atoms with Crippen molar-refractivity contribution >= 4 is 5.69 Å². The summed E-state index contributed by atoms with van der Waals surface area (Å²) in [5, 5.41) is 4.24. The highest BCUT2D eigenvalue weighted by molar-refractivity contribution is 5.57. The van der Waals surface area contributed by atoms with Crippen molar-refractivity contribution in [2.24, 2.45) is 0 Å². The predicted molar refractivity (Wildman–Crippen MR) is 119 cm³/mol. The number of hydrogen-bond acceptors (Lipinski definition) is 4. The first-order valence-electron chi connectivity index (χ1n) is 11.0. The van der Waals surface area contributed by atoms with Crippen molar-refractivity contribution < 1.29 is 17.9 Å². The van der Waals surface area contributed by atoms with E-state index in [0.717, 1.165) is 17.7 Å². The molecule has 1 aliphatic rings. The van der Waals surface area contributed by atoms with Gasteiger partial charge in [0.1, 0.15) is 0 Å². The van der Waals surface area contributed by atoms with Gasteiger partial charge in [-0.2, -0.15) is 18.3 Å². The summed E-state index contributed by atoms with van der Waals surface area (Å²) in [5.74, 6) is 0. The summed E-state index contributed by atoms with van der Waals surface area (Å²) in [6.45, 7) is 9.82. The van der Waals surface area contributed by atoms with Crippen LogP contribution in [-0.4, -0.2) is 44.7 Å². The lowest BCUT2D eigenvalue weighted by atomic mass is 10.1. The van der Waals surface area contributed by atoms with E-state index < -0.39 is 11.7 Å². The maximum absolute atomic E-state index is 13.8. The van der Waals surface area contributed by atoms with Crippen LogP contribution in [0.5, 0.6) is 0 Å². The van der Waals surface area contributed by atoms with Gasteiger partial charge in [0.2, 0.25) is 0 Å². The highest BCUT2D eigenvalue weighted by Crippen LogP contribution is 2.34. The Hall–Kier alpha value is -3.01. The lowest BCUT2D eigenvalue weighted by Crippen LogP contribution is -2.41. The highest BCUT2D eigenvalue weighted by atomic mass is 19.4. The molecule has 0 N–H and O–H groups in total. The molecule has 2 aromatic heterocycles. The van der Waals surface area contributed by atoms with Crippen molar-refractivity contribution in [2.45, 2.75) is 53.1 Å². The van der Waals surface area contributed by atoms with E-state index in [1.54, 1.807) is 35.4 Å². The second-order valence-corrected chi connectivity index (χ2v) is 8.44. The van der Waals surface area contributed by atoms with Gasteiger partial charge in [-0.1, -0.05) is 0 Å². The number of benzene rings is 1. The minimum atomic E-state index is -4.54. The Morgan fingerprint density at radius 3 is 2.52 bits per heavy atom. The van der Waals surface area contributed by atoms with E-state index in [4.69, 9.17) is 4.74 Å². The molecule has 33 heavy (non-hydrogen) atoms. The van der Waals surface area contributed by atoms with Crippen molar-refractivity contribution in [2.75, 3.05) is 24.6 Å². The van der Waals surface area contributed by atoms with Crippen LogP contribution >= 0.6 is 0 Å². The number of hydrogen-bond donors (Lipinski definition) is 0. The second-order valence-electron chi connectivity index (χ2n) is 8.44. The first-order chi connectivity index (χ1) is 15.6. The van der Waals surface area contributed by atoms with E-state index in [1.165, 1.54) is 4.57 Å². The Labute approximate surface area is 190 Å². The molecule has 0 radical (unpaired) electrons. The number of halogens is 3. The molecule has 0 aliphatic carbocycles. The largest absolute Gasteiger partial charge is 0.416 e. The zero-order chi connectivity index (χ0) is 23.9. The van der Waals surface area contributed by atoms with Gasteiger partial charge in [0.25, 0.3) is 0 Å². The van der Waals surface area contributed by atoms with Gasteiger partial charge in [-0.05, 0) is 45.9 Å². The summed E-state index contributed by atoms with van der Waals surface area (Å²) < 4.78 is 51.6. The maximum atomic E-state index is 13.8. The monoisotopic (exact) mass is 463 g/mol. The SMILES string of the molecule is CCn1cc(Cn2c(C)c(C)n(-c3cc(N4CCO[C@H](C)C4)cc(C(F)(F)F)c3)c2=O)cn1. The summed E-state index contributed by atoms with van der Waals surface area (Å²) in [5.41, 5.74) is 1.62. The minimum Gasteiger partial charge on any atom is -0.375 e. The fourth-order valence-corrected chi connectivity index (χ4v) is 4.22. The van der Waals surface area contributed by atoms with Crippen LogP contribution < -0.4 is 10.6 Å².